The van der Waals surface area contributed by atoms with Crippen LogP contribution in [-0.2, 0) is 9.53 Å². The zero-order chi connectivity index (χ0) is 12.4. The maximum atomic E-state index is 11.7. The Hall–Kier alpha value is -1.43. The van der Waals surface area contributed by atoms with E-state index in [1.807, 2.05) is 0 Å². The van der Waals surface area contributed by atoms with E-state index in [-0.39, 0.29) is 16.4 Å². The smallest absolute Gasteiger partial charge is 0.356 e. The molecule has 2 rings (SSSR count). The molecule has 0 radical (unpaired) electrons. The molecule has 0 aliphatic carbocycles. The summed E-state index contributed by atoms with van der Waals surface area (Å²) in [5.74, 6) is -0.470. The molecule has 1 aromatic heterocycles. The third kappa shape index (κ3) is 2.46. The SMILES string of the molecule is COC(=O)c1cc(N2CC(Br)CC2=O)ccn1. The molecule has 0 N–H and O–H groups in total. The van der Waals surface area contributed by atoms with Crippen molar-refractivity contribution in [1.82, 2.24) is 4.98 Å². The largest absolute Gasteiger partial charge is 0.464 e. The van der Waals surface area contributed by atoms with Gasteiger partial charge in [-0.15, -0.1) is 0 Å². The Bertz CT molecular complexity index is 464. The molecule has 1 saturated heterocycles. The molecular formula is C11H11BrN2O3. The van der Waals surface area contributed by atoms with Gasteiger partial charge in [0.05, 0.1) is 7.11 Å². The summed E-state index contributed by atoms with van der Waals surface area (Å²) in [6.45, 7) is 0.601. The highest BCUT2D eigenvalue weighted by Gasteiger charge is 2.29. The summed E-state index contributed by atoms with van der Waals surface area (Å²) in [5, 5.41) is 0. The highest BCUT2D eigenvalue weighted by molar-refractivity contribution is 9.09. The first kappa shape index (κ1) is 12.0. The fourth-order valence-electron chi connectivity index (χ4n) is 1.72. The standard InChI is InChI=1S/C11H11BrN2O3/c1-17-11(16)9-5-8(2-3-13-9)14-6-7(12)4-10(14)15/h2-3,5,7H,4,6H2,1H3. The average molecular weight is 299 g/mol. The van der Waals surface area contributed by atoms with Gasteiger partial charge in [-0.2, -0.15) is 0 Å². The number of rotatable bonds is 2. The number of anilines is 1. The minimum atomic E-state index is -0.506. The Kier molecular flexibility index (Phi) is 3.42. The minimum absolute atomic E-state index is 0.0360. The number of methoxy groups -OCH3 is 1. The number of alkyl halides is 1. The highest BCUT2D eigenvalue weighted by atomic mass is 79.9. The number of nitrogens with zero attached hydrogens (tertiary/aromatic N) is 2. The van der Waals surface area contributed by atoms with Crippen LogP contribution in [0.1, 0.15) is 16.9 Å². The topological polar surface area (TPSA) is 59.5 Å². The molecule has 90 valence electrons. The zero-order valence-corrected chi connectivity index (χ0v) is 10.8. The van der Waals surface area contributed by atoms with Crippen LogP contribution < -0.4 is 4.90 Å². The molecule has 0 aromatic carbocycles. The summed E-state index contributed by atoms with van der Waals surface area (Å²) in [6.07, 6.45) is 1.96. The van der Waals surface area contributed by atoms with Gasteiger partial charge >= 0.3 is 5.97 Å². The molecule has 0 spiro atoms. The number of carbonyl (C=O) groups excluding carboxylic acids is 2. The van der Waals surface area contributed by atoms with Crippen molar-refractivity contribution in [1.29, 1.82) is 0 Å². The third-order valence-electron chi connectivity index (χ3n) is 2.53. The lowest BCUT2D eigenvalue weighted by molar-refractivity contribution is -0.117. The predicted octanol–water partition coefficient (Wildman–Crippen LogP) is 1.37. The lowest BCUT2D eigenvalue weighted by Crippen LogP contribution is -2.25. The van der Waals surface area contributed by atoms with Crippen molar-refractivity contribution < 1.29 is 14.3 Å². The molecule has 0 saturated carbocycles. The summed E-state index contributed by atoms with van der Waals surface area (Å²) >= 11 is 3.41. The van der Waals surface area contributed by atoms with Crippen molar-refractivity contribution in [2.24, 2.45) is 0 Å². The Morgan fingerprint density at radius 1 is 1.65 bits per heavy atom. The normalized spacial score (nSPS) is 19.5. The van der Waals surface area contributed by atoms with Crippen LogP contribution in [0.15, 0.2) is 18.3 Å². The van der Waals surface area contributed by atoms with Crippen LogP contribution in [0.3, 0.4) is 0 Å². The van der Waals surface area contributed by atoms with E-state index in [1.165, 1.54) is 13.3 Å². The molecule has 6 heteroatoms. The Morgan fingerprint density at radius 3 is 3.00 bits per heavy atom. The number of halogens is 1. The Labute approximate surface area is 107 Å². The van der Waals surface area contributed by atoms with Gasteiger partial charge in [0, 0.05) is 29.7 Å². The second-order valence-corrected chi connectivity index (χ2v) is 4.99. The zero-order valence-electron chi connectivity index (χ0n) is 9.22. The molecule has 1 aliphatic heterocycles. The molecule has 1 amide bonds. The van der Waals surface area contributed by atoms with Crippen LogP contribution >= 0.6 is 15.9 Å². The number of hydrogen-bond donors (Lipinski definition) is 0. The van der Waals surface area contributed by atoms with Gasteiger partial charge in [-0.1, -0.05) is 15.9 Å². The second kappa shape index (κ2) is 4.83. The number of carbonyl (C=O) groups is 2. The van der Waals surface area contributed by atoms with Gasteiger partial charge in [0.25, 0.3) is 0 Å². The van der Waals surface area contributed by atoms with E-state index in [1.54, 1.807) is 17.0 Å². The van der Waals surface area contributed by atoms with E-state index >= 15 is 0 Å². The van der Waals surface area contributed by atoms with Crippen molar-refractivity contribution >= 4 is 33.5 Å². The van der Waals surface area contributed by atoms with Gasteiger partial charge in [0.2, 0.25) is 5.91 Å². The van der Waals surface area contributed by atoms with Crippen LogP contribution in [0, 0.1) is 0 Å². The van der Waals surface area contributed by atoms with E-state index < -0.39 is 5.97 Å². The molecule has 1 aromatic rings. The predicted molar refractivity (Wildman–Crippen MR) is 65.3 cm³/mol. The summed E-state index contributed by atoms with van der Waals surface area (Å²) in [7, 11) is 1.30. The second-order valence-electron chi connectivity index (χ2n) is 3.70. The molecule has 2 heterocycles. The molecule has 0 bridgehead atoms. The Morgan fingerprint density at radius 2 is 2.41 bits per heavy atom. The van der Waals surface area contributed by atoms with Gasteiger partial charge in [-0.3, -0.25) is 4.79 Å². The van der Waals surface area contributed by atoms with Crippen LogP contribution in [0.25, 0.3) is 0 Å². The van der Waals surface area contributed by atoms with E-state index in [4.69, 9.17) is 0 Å². The summed E-state index contributed by atoms with van der Waals surface area (Å²) < 4.78 is 4.59. The van der Waals surface area contributed by atoms with Crippen LogP contribution in [-0.4, -0.2) is 35.3 Å². The molecular weight excluding hydrogens is 288 g/mol. The summed E-state index contributed by atoms with van der Waals surface area (Å²) in [4.78, 5) is 28.7. The van der Waals surface area contributed by atoms with Gasteiger partial charge < -0.3 is 9.64 Å². The van der Waals surface area contributed by atoms with Crippen LogP contribution in [0.5, 0.6) is 0 Å². The highest BCUT2D eigenvalue weighted by Crippen LogP contribution is 2.25. The van der Waals surface area contributed by atoms with Crippen molar-refractivity contribution in [2.75, 3.05) is 18.6 Å². The lowest BCUT2D eigenvalue weighted by atomic mass is 10.3. The first-order chi connectivity index (χ1) is 8.11. The van der Waals surface area contributed by atoms with E-state index in [2.05, 4.69) is 25.7 Å². The number of hydrogen-bond acceptors (Lipinski definition) is 4. The number of esters is 1. The van der Waals surface area contributed by atoms with E-state index in [9.17, 15) is 9.59 Å². The van der Waals surface area contributed by atoms with Gasteiger partial charge in [-0.25, -0.2) is 9.78 Å². The van der Waals surface area contributed by atoms with E-state index in [0.717, 1.165) is 0 Å². The maximum absolute atomic E-state index is 11.7. The van der Waals surface area contributed by atoms with Gasteiger partial charge in [0.1, 0.15) is 5.69 Å². The Balaban J connectivity index is 2.27. The van der Waals surface area contributed by atoms with Gasteiger partial charge in [-0.05, 0) is 12.1 Å². The number of aromatic nitrogens is 1. The molecule has 1 unspecified atom stereocenters. The van der Waals surface area contributed by atoms with Crippen molar-refractivity contribution in [3.8, 4) is 0 Å². The maximum Gasteiger partial charge on any atom is 0.356 e. The van der Waals surface area contributed by atoms with Crippen molar-refractivity contribution in [3.05, 3.63) is 24.0 Å². The molecule has 1 aliphatic rings. The number of amides is 1. The van der Waals surface area contributed by atoms with E-state index in [0.29, 0.717) is 18.7 Å². The summed E-state index contributed by atoms with van der Waals surface area (Å²) in [5.41, 5.74) is 0.878. The molecule has 17 heavy (non-hydrogen) atoms. The number of ether oxygens (including phenoxy) is 1. The lowest BCUT2D eigenvalue weighted by Gasteiger charge is -2.16. The quantitative estimate of drug-likeness (QED) is 0.611. The first-order valence-corrected chi connectivity index (χ1v) is 6.02. The molecule has 1 fully saturated rings. The fourth-order valence-corrected chi connectivity index (χ4v) is 2.28. The van der Waals surface area contributed by atoms with Gasteiger partial charge in [0.15, 0.2) is 0 Å². The van der Waals surface area contributed by atoms with Crippen LogP contribution in [0.2, 0.25) is 0 Å². The van der Waals surface area contributed by atoms with Crippen molar-refractivity contribution in [2.45, 2.75) is 11.2 Å². The average Bonchev–Trinajstić information content (AvgIpc) is 2.67. The number of pyridine rings is 1. The van der Waals surface area contributed by atoms with Crippen LogP contribution in [0.4, 0.5) is 5.69 Å². The molecule has 1 atom stereocenters. The minimum Gasteiger partial charge on any atom is -0.464 e. The first-order valence-electron chi connectivity index (χ1n) is 5.10. The monoisotopic (exact) mass is 298 g/mol. The fraction of sp³-hybridized carbons (Fsp3) is 0.364. The molecule has 5 nitrogen and oxygen atoms in total. The van der Waals surface area contributed by atoms with Crippen molar-refractivity contribution in [3.63, 3.8) is 0 Å². The summed E-state index contributed by atoms with van der Waals surface area (Å²) in [6, 6.07) is 3.27. The third-order valence-corrected chi connectivity index (χ3v) is 3.14.